The van der Waals surface area contributed by atoms with E-state index in [1.165, 1.54) is 0 Å². The van der Waals surface area contributed by atoms with Crippen LogP contribution in [0, 0.1) is 0 Å². The van der Waals surface area contributed by atoms with Gasteiger partial charge in [0.15, 0.2) is 17.3 Å². The second-order valence-electron chi connectivity index (χ2n) is 10.8. The molecule has 0 unspecified atom stereocenters. The van der Waals surface area contributed by atoms with E-state index >= 15 is 0 Å². The molecule has 1 aliphatic carbocycles. The molecule has 4 aliphatic rings. The number of hydrogen-bond donors (Lipinski definition) is 0. The maximum atomic E-state index is 14.3. The molecule has 2 aromatic carbocycles. The molecule has 2 aromatic rings. The van der Waals surface area contributed by atoms with Gasteiger partial charge >= 0.3 is 0 Å². The zero-order valence-electron chi connectivity index (χ0n) is 20.7. The minimum absolute atomic E-state index is 0.0331. The molecule has 1 spiro atoms. The third-order valence-electron chi connectivity index (χ3n) is 7.76. The molecule has 2 amide bonds. The van der Waals surface area contributed by atoms with E-state index in [2.05, 4.69) is 0 Å². The van der Waals surface area contributed by atoms with E-state index in [0.717, 1.165) is 11.1 Å². The Morgan fingerprint density at radius 3 is 2.44 bits per heavy atom. The molecule has 0 saturated carbocycles. The Bertz CT molecular complexity index is 1320. The minimum Gasteiger partial charge on any atom is -0.497 e. The third-order valence-corrected chi connectivity index (χ3v) is 7.76. The van der Waals surface area contributed by atoms with Crippen molar-refractivity contribution in [1.29, 1.82) is 0 Å². The van der Waals surface area contributed by atoms with E-state index in [0.29, 0.717) is 22.8 Å². The number of fused-ring (bicyclic) bond motifs is 2. The van der Waals surface area contributed by atoms with Crippen molar-refractivity contribution in [3.63, 3.8) is 0 Å². The maximum absolute atomic E-state index is 14.3. The summed E-state index contributed by atoms with van der Waals surface area (Å²) in [5, 5.41) is 0. The largest absolute Gasteiger partial charge is 0.497 e. The van der Waals surface area contributed by atoms with E-state index in [-0.39, 0.29) is 37.4 Å². The highest BCUT2D eigenvalue weighted by atomic mass is 16.7. The van der Waals surface area contributed by atoms with Crippen LogP contribution < -0.4 is 14.2 Å². The maximum Gasteiger partial charge on any atom is 0.254 e. The van der Waals surface area contributed by atoms with E-state index in [9.17, 15) is 14.4 Å². The van der Waals surface area contributed by atoms with Gasteiger partial charge in [-0.15, -0.1) is 0 Å². The predicted octanol–water partition coefficient (Wildman–Crippen LogP) is 3.22. The van der Waals surface area contributed by atoms with Gasteiger partial charge in [-0.1, -0.05) is 6.08 Å². The van der Waals surface area contributed by atoms with Crippen LogP contribution in [-0.4, -0.2) is 58.9 Å². The Balaban J connectivity index is 1.58. The number of hydrogen-bond acceptors (Lipinski definition) is 6. The van der Waals surface area contributed by atoms with Gasteiger partial charge in [0, 0.05) is 24.1 Å². The van der Waals surface area contributed by atoms with Crippen LogP contribution in [0.2, 0.25) is 0 Å². The summed E-state index contributed by atoms with van der Waals surface area (Å²) in [7, 11) is 1.57. The number of allylic oxidation sites excluding steroid dienone is 1. The molecular weight excluding hydrogens is 460 g/mol. The Hall–Kier alpha value is -3.81. The second-order valence-corrected chi connectivity index (χ2v) is 10.8. The molecule has 1 saturated heterocycles. The lowest BCUT2D eigenvalue weighted by Gasteiger charge is -2.48. The molecule has 0 N–H and O–H groups in total. The van der Waals surface area contributed by atoms with Crippen molar-refractivity contribution >= 4 is 17.6 Å². The Morgan fingerprint density at radius 1 is 1.08 bits per heavy atom. The first kappa shape index (κ1) is 22.6. The van der Waals surface area contributed by atoms with E-state index in [4.69, 9.17) is 14.2 Å². The first-order valence-electron chi connectivity index (χ1n) is 12.1. The summed E-state index contributed by atoms with van der Waals surface area (Å²) in [4.78, 5) is 44.4. The number of ketones is 1. The van der Waals surface area contributed by atoms with Crippen molar-refractivity contribution in [2.75, 3.05) is 13.9 Å². The number of likely N-dealkylation sites (tertiary alicyclic amines) is 1. The Morgan fingerprint density at radius 2 is 1.78 bits per heavy atom. The highest BCUT2D eigenvalue weighted by Gasteiger charge is 2.66. The standard InChI is InChI=1S/C28H28N2O6/c1-27(2,3)30-23-12-18(31)9-10-28(23)20-13-22-21(35-15-36-22)11-17(20)14-29(24(28)26(30)33)25(32)16-5-7-19(34-4)8-6-16/h5-11,13,23-24H,12,14-15H2,1-4H3/t23-,24+,28-/m0/s1. The van der Waals surface area contributed by atoms with Crippen LogP contribution >= 0.6 is 0 Å². The summed E-state index contributed by atoms with van der Waals surface area (Å²) < 4.78 is 16.6. The van der Waals surface area contributed by atoms with Gasteiger partial charge in [-0.25, -0.2) is 0 Å². The molecule has 0 aromatic heterocycles. The zero-order chi connectivity index (χ0) is 25.4. The summed E-state index contributed by atoms with van der Waals surface area (Å²) in [5.41, 5.74) is 0.802. The number of carbonyl (C=O) groups excluding carboxylic acids is 3. The summed E-state index contributed by atoms with van der Waals surface area (Å²) in [5.74, 6) is 1.43. The van der Waals surface area contributed by atoms with Crippen LogP contribution in [-0.2, 0) is 21.5 Å². The lowest BCUT2D eigenvalue weighted by Crippen LogP contribution is -2.59. The molecule has 186 valence electrons. The topological polar surface area (TPSA) is 85.4 Å². The van der Waals surface area contributed by atoms with Crippen molar-refractivity contribution in [1.82, 2.24) is 9.80 Å². The highest BCUT2D eigenvalue weighted by molar-refractivity contribution is 6.02. The van der Waals surface area contributed by atoms with E-state index in [1.807, 2.05) is 43.9 Å². The first-order valence-corrected chi connectivity index (χ1v) is 12.1. The van der Waals surface area contributed by atoms with Crippen LogP contribution in [0.3, 0.4) is 0 Å². The Kier molecular flexibility index (Phi) is 4.78. The number of carbonyl (C=O) groups is 3. The SMILES string of the molecule is COc1ccc(C(=O)N2Cc3cc4c(cc3[C@@]35C=CC(=O)C[C@@H]3N(C(C)(C)C)C(=O)[C@@H]25)OCO4)cc1. The smallest absolute Gasteiger partial charge is 0.254 e. The number of rotatable bonds is 2. The molecule has 0 bridgehead atoms. The van der Waals surface area contributed by atoms with Gasteiger partial charge in [-0.05, 0) is 74.4 Å². The monoisotopic (exact) mass is 488 g/mol. The molecule has 3 atom stereocenters. The molecule has 36 heavy (non-hydrogen) atoms. The number of ether oxygens (including phenoxy) is 3. The van der Waals surface area contributed by atoms with Gasteiger partial charge in [-0.3, -0.25) is 14.4 Å². The first-order chi connectivity index (χ1) is 17.1. The fourth-order valence-corrected chi connectivity index (χ4v) is 6.32. The van der Waals surface area contributed by atoms with Gasteiger partial charge in [-0.2, -0.15) is 0 Å². The third kappa shape index (κ3) is 3.03. The van der Waals surface area contributed by atoms with Crippen LogP contribution in [0.1, 0.15) is 48.7 Å². The summed E-state index contributed by atoms with van der Waals surface area (Å²) in [6.07, 6.45) is 3.61. The molecule has 0 radical (unpaired) electrons. The molecule has 6 rings (SSSR count). The van der Waals surface area contributed by atoms with Crippen LogP contribution in [0.4, 0.5) is 0 Å². The van der Waals surface area contributed by atoms with Gasteiger partial charge < -0.3 is 24.0 Å². The van der Waals surface area contributed by atoms with Crippen molar-refractivity contribution in [3.8, 4) is 17.2 Å². The highest BCUT2D eigenvalue weighted by Crippen LogP contribution is 2.55. The summed E-state index contributed by atoms with van der Waals surface area (Å²) in [6.45, 7) is 6.26. The van der Waals surface area contributed by atoms with Gasteiger partial charge in [0.05, 0.1) is 18.6 Å². The number of amides is 2. The normalized spacial score (nSPS) is 26.0. The van der Waals surface area contributed by atoms with Crippen molar-refractivity contribution in [3.05, 3.63) is 65.2 Å². The van der Waals surface area contributed by atoms with Crippen molar-refractivity contribution < 1.29 is 28.6 Å². The van der Waals surface area contributed by atoms with Crippen LogP contribution in [0.5, 0.6) is 17.2 Å². The average molecular weight is 489 g/mol. The molecule has 3 aliphatic heterocycles. The van der Waals surface area contributed by atoms with Crippen molar-refractivity contribution in [2.24, 2.45) is 0 Å². The molecule has 3 heterocycles. The predicted molar refractivity (Wildman–Crippen MR) is 130 cm³/mol. The molecule has 1 fully saturated rings. The average Bonchev–Trinajstić information content (AvgIpc) is 3.41. The number of nitrogens with zero attached hydrogens (tertiary/aromatic N) is 2. The summed E-state index contributed by atoms with van der Waals surface area (Å²) >= 11 is 0. The minimum atomic E-state index is -0.894. The van der Waals surface area contributed by atoms with E-state index < -0.39 is 23.0 Å². The van der Waals surface area contributed by atoms with Crippen molar-refractivity contribution in [2.45, 2.75) is 56.8 Å². The lowest BCUT2D eigenvalue weighted by molar-refractivity contribution is -0.137. The lowest BCUT2D eigenvalue weighted by atomic mass is 9.63. The number of benzene rings is 2. The fraction of sp³-hybridized carbons (Fsp3) is 0.393. The van der Waals surface area contributed by atoms with Gasteiger partial charge in [0.2, 0.25) is 12.7 Å². The van der Waals surface area contributed by atoms with Gasteiger partial charge in [0.25, 0.3) is 5.91 Å². The van der Waals surface area contributed by atoms with Crippen LogP contribution in [0.25, 0.3) is 0 Å². The number of methoxy groups -OCH3 is 1. The van der Waals surface area contributed by atoms with Crippen LogP contribution in [0.15, 0.2) is 48.6 Å². The van der Waals surface area contributed by atoms with Gasteiger partial charge in [0.1, 0.15) is 11.8 Å². The molecule has 8 heteroatoms. The Labute approximate surface area is 209 Å². The second kappa shape index (κ2) is 7.59. The zero-order valence-corrected chi connectivity index (χ0v) is 20.7. The van der Waals surface area contributed by atoms with E-state index in [1.54, 1.807) is 42.4 Å². The fourth-order valence-electron chi connectivity index (χ4n) is 6.32. The molecule has 8 nitrogen and oxygen atoms in total. The molecular formula is C28H28N2O6. The quantitative estimate of drug-likeness (QED) is 0.645. The summed E-state index contributed by atoms with van der Waals surface area (Å²) in [6, 6.07) is 9.50.